The quantitative estimate of drug-likeness (QED) is 0.650. The first-order chi connectivity index (χ1) is 12.2. The molecule has 2 atom stereocenters. The molecule has 2 aromatic carbocycles. The van der Waals surface area contributed by atoms with Crippen LogP contribution in [0.4, 0.5) is 5.69 Å². The summed E-state index contributed by atoms with van der Waals surface area (Å²) in [6.07, 6.45) is 5.88. The minimum absolute atomic E-state index is 0.0932. The van der Waals surface area contributed by atoms with Gasteiger partial charge in [-0.2, -0.15) is 0 Å². The summed E-state index contributed by atoms with van der Waals surface area (Å²) in [4.78, 5) is 12.4. The second-order valence-corrected chi connectivity index (χ2v) is 6.68. The Hall–Kier alpha value is -2.81. The van der Waals surface area contributed by atoms with Crippen molar-refractivity contribution in [2.45, 2.75) is 25.7 Å². The Morgan fingerprint density at radius 2 is 1.80 bits per heavy atom. The Kier molecular flexibility index (Phi) is 4.14. The summed E-state index contributed by atoms with van der Waals surface area (Å²) in [7, 11) is 0. The van der Waals surface area contributed by atoms with Crippen LogP contribution in [0.1, 0.15) is 41.6 Å². The molecule has 0 aliphatic heterocycles. The van der Waals surface area contributed by atoms with E-state index >= 15 is 0 Å². The van der Waals surface area contributed by atoms with Crippen LogP contribution in [0, 0.1) is 5.92 Å². The van der Waals surface area contributed by atoms with E-state index in [-0.39, 0.29) is 5.91 Å². The van der Waals surface area contributed by atoms with Gasteiger partial charge in [0.2, 0.25) is 0 Å². The van der Waals surface area contributed by atoms with Crippen LogP contribution < -0.4 is 5.32 Å². The topological polar surface area (TPSA) is 42.2 Å². The summed E-state index contributed by atoms with van der Waals surface area (Å²) >= 11 is 0. The Morgan fingerprint density at radius 1 is 1.04 bits per heavy atom. The molecule has 3 nitrogen and oxygen atoms in total. The zero-order valence-corrected chi connectivity index (χ0v) is 14.2. The summed E-state index contributed by atoms with van der Waals surface area (Å²) in [5, 5.41) is 2.97. The number of hydrogen-bond donors (Lipinski definition) is 1. The lowest BCUT2D eigenvalue weighted by Gasteiger charge is -2.07. The summed E-state index contributed by atoms with van der Waals surface area (Å²) < 4.78 is 5.09. The third kappa shape index (κ3) is 3.36. The molecule has 0 spiro atoms. The van der Waals surface area contributed by atoms with Crippen LogP contribution in [0.3, 0.4) is 0 Å². The van der Waals surface area contributed by atoms with Crippen molar-refractivity contribution in [3.63, 3.8) is 0 Å². The maximum Gasteiger partial charge on any atom is 0.255 e. The maximum atomic E-state index is 12.4. The van der Waals surface area contributed by atoms with Gasteiger partial charge in [0.25, 0.3) is 5.91 Å². The maximum absolute atomic E-state index is 12.4. The number of rotatable bonds is 5. The molecule has 2 unspecified atom stereocenters. The van der Waals surface area contributed by atoms with E-state index in [4.69, 9.17) is 4.42 Å². The first kappa shape index (κ1) is 15.7. The number of carbonyl (C=O) groups excluding carboxylic acids is 1. The summed E-state index contributed by atoms with van der Waals surface area (Å²) in [5.74, 6) is 1.46. The molecule has 1 fully saturated rings. The Bertz CT molecular complexity index is 848. The van der Waals surface area contributed by atoms with E-state index in [2.05, 4.69) is 24.4 Å². The van der Waals surface area contributed by atoms with Gasteiger partial charge in [-0.3, -0.25) is 4.79 Å². The third-order valence-electron chi connectivity index (χ3n) is 5.05. The molecule has 1 aromatic heterocycles. The van der Waals surface area contributed by atoms with Crippen molar-refractivity contribution in [1.29, 1.82) is 0 Å². The molecule has 25 heavy (non-hydrogen) atoms. The number of amides is 1. The van der Waals surface area contributed by atoms with Gasteiger partial charge in [-0.05, 0) is 59.7 Å². The molecule has 0 saturated heterocycles. The second-order valence-electron chi connectivity index (χ2n) is 6.68. The SMILES string of the molecule is CCC1CC1c1ccc(NC(=O)c2ccc(-c3ccoc3)cc2)cc1. The van der Waals surface area contributed by atoms with Crippen LogP contribution in [-0.4, -0.2) is 5.91 Å². The van der Waals surface area contributed by atoms with Gasteiger partial charge in [0.15, 0.2) is 0 Å². The number of hydrogen-bond acceptors (Lipinski definition) is 2. The van der Waals surface area contributed by atoms with Crippen molar-refractivity contribution < 1.29 is 9.21 Å². The molecule has 1 amide bonds. The van der Waals surface area contributed by atoms with Gasteiger partial charge in [0.05, 0.1) is 12.5 Å². The van der Waals surface area contributed by atoms with Crippen molar-refractivity contribution in [3.05, 3.63) is 78.3 Å². The van der Waals surface area contributed by atoms with E-state index < -0.39 is 0 Å². The number of carbonyl (C=O) groups is 1. The highest BCUT2D eigenvalue weighted by Crippen LogP contribution is 2.49. The molecule has 1 N–H and O–H groups in total. The summed E-state index contributed by atoms with van der Waals surface area (Å²) in [6.45, 7) is 2.25. The molecule has 1 heterocycles. The molecule has 0 bridgehead atoms. The fraction of sp³-hybridized carbons (Fsp3) is 0.227. The first-order valence-electron chi connectivity index (χ1n) is 8.78. The number of nitrogens with one attached hydrogen (secondary N) is 1. The van der Waals surface area contributed by atoms with Crippen LogP contribution in [-0.2, 0) is 0 Å². The van der Waals surface area contributed by atoms with Gasteiger partial charge in [-0.1, -0.05) is 37.6 Å². The zero-order valence-electron chi connectivity index (χ0n) is 14.2. The van der Waals surface area contributed by atoms with E-state index in [1.54, 1.807) is 12.5 Å². The van der Waals surface area contributed by atoms with Gasteiger partial charge in [0, 0.05) is 16.8 Å². The van der Waals surface area contributed by atoms with Gasteiger partial charge in [0.1, 0.15) is 0 Å². The predicted octanol–water partition coefficient (Wildman–Crippen LogP) is 5.71. The van der Waals surface area contributed by atoms with Crippen molar-refractivity contribution in [2.75, 3.05) is 5.32 Å². The average Bonchev–Trinajstić information content (AvgIpc) is 3.24. The van der Waals surface area contributed by atoms with E-state index in [1.807, 2.05) is 42.5 Å². The largest absolute Gasteiger partial charge is 0.472 e. The molecular weight excluding hydrogens is 310 g/mol. The molecule has 4 rings (SSSR count). The number of benzene rings is 2. The number of anilines is 1. The highest BCUT2D eigenvalue weighted by atomic mass is 16.3. The highest BCUT2D eigenvalue weighted by Gasteiger charge is 2.36. The summed E-state index contributed by atoms with van der Waals surface area (Å²) in [5.41, 5.74) is 4.90. The van der Waals surface area contributed by atoms with Gasteiger partial charge >= 0.3 is 0 Å². The van der Waals surface area contributed by atoms with Crippen molar-refractivity contribution >= 4 is 11.6 Å². The van der Waals surface area contributed by atoms with Gasteiger partial charge in [-0.25, -0.2) is 0 Å². The smallest absolute Gasteiger partial charge is 0.255 e. The van der Waals surface area contributed by atoms with Crippen LogP contribution in [0.25, 0.3) is 11.1 Å². The lowest BCUT2D eigenvalue weighted by molar-refractivity contribution is 0.102. The normalized spacial score (nSPS) is 18.8. The van der Waals surface area contributed by atoms with Gasteiger partial charge in [-0.15, -0.1) is 0 Å². The predicted molar refractivity (Wildman–Crippen MR) is 99.7 cm³/mol. The van der Waals surface area contributed by atoms with Crippen LogP contribution >= 0.6 is 0 Å². The Balaban J connectivity index is 1.41. The monoisotopic (exact) mass is 331 g/mol. The Labute approximate surface area is 147 Å². The first-order valence-corrected chi connectivity index (χ1v) is 8.78. The van der Waals surface area contributed by atoms with E-state index in [1.165, 1.54) is 18.4 Å². The fourth-order valence-corrected chi connectivity index (χ4v) is 3.37. The second kappa shape index (κ2) is 6.60. The van der Waals surface area contributed by atoms with Crippen LogP contribution in [0.2, 0.25) is 0 Å². The van der Waals surface area contributed by atoms with Crippen LogP contribution in [0.15, 0.2) is 71.5 Å². The summed E-state index contributed by atoms with van der Waals surface area (Å²) in [6, 6.07) is 17.7. The molecular formula is C22H21NO2. The molecule has 1 aliphatic carbocycles. The molecule has 1 saturated carbocycles. The molecule has 1 aliphatic rings. The van der Waals surface area contributed by atoms with E-state index in [0.717, 1.165) is 22.7 Å². The molecule has 3 aromatic rings. The minimum atomic E-state index is -0.0932. The van der Waals surface area contributed by atoms with Crippen molar-refractivity contribution in [3.8, 4) is 11.1 Å². The average molecular weight is 331 g/mol. The third-order valence-corrected chi connectivity index (χ3v) is 5.05. The van der Waals surface area contributed by atoms with Crippen molar-refractivity contribution in [2.24, 2.45) is 5.92 Å². The number of furan rings is 1. The molecule has 3 heteroatoms. The lowest BCUT2D eigenvalue weighted by Crippen LogP contribution is -2.11. The molecule has 0 radical (unpaired) electrons. The van der Waals surface area contributed by atoms with Gasteiger partial charge < -0.3 is 9.73 Å². The van der Waals surface area contributed by atoms with Crippen LogP contribution in [0.5, 0.6) is 0 Å². The minimum Gasteiger partial charge on any atom is -0.472 e. The fourth-order valence-electron chi connectivity index (χ4n) is 3.37. The Morgan fingerprint density at radius 3 is 2.40 bits per heavy atom. The van der Waals surface area contributed by atoms with Crippen molar-refractivity contribution in [1.82, 2.24) is 0 Å². The zero-order chi connectivity index (χ0) is 17.2. The molecule has 126 valence electrons. The van der Waals surface area contributed by atoms with E-state index in [9.17, 15) is 4.79 Å². The van der Waals surface area contributed by atoms with E-state index in [0.29, 0.717) is 11.5 Å². The highest BCUT2D eigenvalue weighted by molar-refractivity contribution is 6.04. The standard InChI is InChI=1S/C22H21NO2/c1-2-15-13-21(15)17-7-9-20(10-8-17)23-22(24)18-5-3-16(4-6-18)19-11-12-25-14-19/h3-12,14-15,21H,2,13H2,1H3,(H,23,24). The lowest BCUT2D eigenvalue weighted by atomic mass is 10.1.